The minimum Gasteiger partial charge on any atom is -0.211 e. The molecule has 0 heterocycles. The number of hydrogen-bond acceptors (Lipinski definition) is 2. The van der Waals surface area contributed by atoms with E-state index in [0.717, 1.165) is 15.2 Å². The first-order valence-corrected chi connectivity index (χ1v) is 7.50. The zero-order valence-corrected chi connectivity index (χ0v) is 11.7. The van der Waals surface area contributed by atoms with Gasteiger partial charge in [0.25, 0.3) is 0 Å². The van der Waals surface area contributed by atoms with Gasteiger partial charge < -0.3 is 0 Å². The number of rotatable bonds is 3. The van der Waals surface area contributed by atoms with Crippen molar-refractivity contribution < 1.29 is 8.42 Å². The van der Waals surface area contributed by atoms with Gasteiger partial charge in [-0.25, -0.2) is 13.1 Å². The van der Waals surface area contributed by atoms with Gasteiger partial charge in [-0.05, 0) is 29.0 Å². The van der Waals surface area contributed by atoms with Crippen LogP contribution in [0, 0.1) is 0 Å². The van der Waals surface area contributed by atoms with Crippen LogP contribution in [0.1, 0.15) is 6.92 Å². The second-order valence-corrected chi connectivity index (χ2v) is 6.25. The highest BCUT2D eigenvalue weighted by Crippen LogP contribution is 2.25. The maximum atomic E-state index is 11.8. The molecule has 0 amide bonds. The van der Waals surface area contributed by atoms with E-state index < -0.39 is 10.0 Å². The van der Waals surface area contributed by atoms with E-state index in [2.05, 4.69) is 20.7 Å². The molecular formula is C12H12BrNO2S. The third kappa shape index (κ3) is 2.51. The van der Waals surface area contributed by atoms with Crippen LogP contribution in [-0.2, 0) is 10.0 Å². The Balaban J connectivity index is 2.60. The maximum Gasteiger partial charge on any atom is 0.240 e. The Morgan fingerprint density at radius 3 is 2.71 bits per heavy atom. The van der Waals surface area contributed by atoms with Crippen molar-refractivity contribution in [1.82, 2.24) is 4.72 Å². The lowest BCUT2D eigenvalue weighted by Crippen LogP contribution is -2.22. The fourth-order valence-electron chi connectivity index (χ4n) is 1.66. The third-order valence-electron chi connectivity index (χ3n) is 2.44. The van der Waals surface area contributed by atoms with Crippen LogP contribution in [0.5, 0.6) is 0 Å². The molecule has 0 aliphatic heterocycles. The SMILES string of the molecule is CCNS(=O)(=O)c1ccc2c(Br)cccc2c1. The Labute approximate surface area is 109 Å². The van der Waals surface area contributed by atoms with Gasteiger partial charge in [-0.1, -0.05) is 41.1 Å². The van der Waals surface area contributed by atoms with Crippen LogP contribution in [0.4, 0.5) is 0 Å². The molecule has 1 N–H and O–H groups in total. The van der Waals surface area contributed by atoms with E-state index in [1.807, 2.05) is 24.3 Å². The fraction of sp³-hybridized carbons (Fsp3) is 0.167. The standard InChI is InChI=1S/C12H12BrNO2S/c1-2-14-17(15,16)10-6-7-11-9(8-10)4-3-5-12(11)13/h3-8,14H,2H2,1H3. The average molecular weight is 314 g/mol. The summed E-state index contributed by atoms with van der Waals surface area (Å²) >= 11 is 3.44. The zero-order chi connectivity index (χ0) is 12.5. The number of hydrogen-bond donors (Lipinski definition) is 1. The average Bonchev–Trinajstić information content (AvgIpc) is 2.29. The second-order valence-electron chi connectivity index (χ2n) is 3.62. The molecule has 0 bridgehead atoms. The minimum absolute atomic E-state index is 0.296. The van der Waals surface area contributed by atoms with E-state index in [1.54, 1.807) is 19.1 Å². The van der Waals surface area contributed by atoms with Gasteiger partial charge in [0.15, 0.2) is 0 Å². The van der Waals surface area contributed by atoms with Gasteiger partial charge in [-0.3, -0.25) is 0 Å². The van der Waals surface area contributed by atoms with Crippen LogP contribution < -0.4 is 4.72 Å². The molecule has 0 fully saturated rings. The highest BCUT2D eigenvalue weighted by molar-refractivity contribution is 9.10. The predicted octanol–water partition coefficient (Wildman–Crippen LogP) is 2.90. The number of halogens is 1. The van der Waals surface area contributed by atoms with Crippen LogP contribution >= 0.6 is 15.9 Å². The first kappa shape index (κ1) is 12.5. The highest BCUT2D eigenvalue weighted by Gasteiger charge is 2.12. The Hall–Kier alpha value is -0.910. The Bertz CT molecular complexity index is 653. The normalized spacial score (nSPS) is 11.9. The molecule has 0 radical (unpaired) electrons. The lowest BCUT2D eigenvalue weighted by Gasteiger charge is -2.06. The van der Waals surface area contributed by atoms with Gasteiger partial charge in [0.05, 0.1) is 4.90 Å². The molecule has 0 spiro atoms. The van der Waals surface area contributed by atoms with E-state index in [1.165, 1.54) is 0 Å². The summed E-state index contributed by atoms with van der Waals surface area (Å²) < 4.78 is 27.1. The van der Waals surface area contributed by atoms with E-state index in [0.29, 0.717) is 11.4 Å². The third-order valence-corrected chi connectivity index (χ3v) is 4.68. The molecule has 0 saturated heterocycles. The molecule has 0 aliphatic carbocycles. The Kier molecular flexibility index (Phi) is 3.51. The summed E-state index contributed by atoms with van der Waals surface area (Å²) in [5.41, 5.74) is 0. The largest absolute Gasteiger partial charge is 0.240 e. The molecule has 17 heavy (non-hydrogen) atoms. The quantitative estimate of drug-likeness (QED) is 0.947. The van der Waals surface area contributed by atoms with E-state index >= 15 is 0 Å². The highest BCUT2D eigenvalue weighted by atomic mass is 79.9. The van der Waals surface area contributed by atoms with Crippen molar-refractivity contribution in [2.75, 3.05) is 6.54 Å². The lowest BCUT2D eigenvalue weighted by atomic mass is 10.1. The van der Waals surface area contributed by atoms with Crippen LogP contribution in [0.2, 0.25) is 0 Å². The van der Waals surface area contributed by atoms with Gasteiger partial charge in [0, 0.05) is 11.0 Å². The van der Waals surface area contributed by atoms with Gasteiger partial charge in [-0.2, -0.15) is 0 Å². The predicted molar refractivity (Wildman–Crippen MR) is 72.5 cm³/mol. The lowest BCUT2D eigenvalue weighted by molar-refractivity contribution is 0.584. The van der Waals surface area contributed by atoms with Crippen molar-refractivity contribution in [2.24, 2.45) is 0 Å². The maximum absolute atomic E-state index is 11.8. The number of sulfonamides is 1. The van der Waals surface area contributed by atoms with Crippen molar-refractivity contribution in [1.29, 1.82) is 0 Å². The van der Waals surface area contributed by atoms with Gasteiger partial charge in [0.2, 0.25) is 10.0 Å². The molecule has 2 aromatic carbocycles. The monoisotopic (exact) mass is 313 g/mol. The van der Waals surface area contributed by atoms with Crippen molar-refractivity contribution in [3.8, 4) is 0 Å². The Morgan fingerprint density at radius 2 is 2.00 bits per heavy atom. The number of fused-ring (bicyclic) bond motifs is 1. The zero-order valence-electron chi connectivity index (χ0n) is 9.27. The van der Waals surface area contributed by atoms with Crippen LogP contribution in [0.3, 0.4) is 0 Å². The second kappa shape index (κ2) is 4.76. The molecule has 2 aromatic rings. The summed E-state index contributed by atoms with van der Waals surface area (Å²) in [5.74, 6) is 0. The van der Waals surface area contributed by atoms with Crippen LogP contribution in [0.25, 0.3) is 10.8 Å². The number of benzene rings is 2. The van der Waals surface area contributed by atoms with E-state index in [-0.39, 0.29) is 0 Å². The molecule has 0 aliphatic rings. The molecule has 0 saturated carbocycles. The van der Waals surface area contributed by atoms with Crippen molar-refractivity contribution in [3.05, 3.63) is 40.9 Å². The summed E-state index contributed by atoms with van der Waals surface area (Å²) in [6.07, 6.45) is 0. The molecular weight excluding hydrogens is 302 g/mol. The molecule has 3 nitrogen and oxygen atoms in total. The van der Waals surface area contributed by atoms with Crippen molar-refractivity contribution >= 4 is 36.7 Å². The molecule has 0 unspecified atom stereocenters. The van der Waals surface area contributed by atoms with Gasteiger partial charge in [0.1, 0.15) is 0 Å². The smallest absolute Gasteiger partial charge is 0.211 e. The summed E-state index contributed by atoms with van der Waals surface area (Å²) in [5, 5.41) is 1.90. The topological polar surface area (TPSA) is 46.2 Å². The van der Waals surface area contributed by atoms with Gasteiger partial charge in [-0.15, -0.1) is 0 Å². The molecule has 5 heteroatoms. The van der Waals surface area contributed by atoms with Gasteiger partial charge >= 0.3 is 0 Å². The summed E-state index contributed by atoms with van der Waals surface area (Å²) in [6, 6.07) is 10.8. The van der Waals surface area contributed by atoms with E-state index in [9.17, 15) is 8.42 Å². The van der Waals surface area contributed by atoms with Crippen LogP contribution in [-0.4, -0.2) is 15.0 Å². The van der Waals surface area contributed by atoms with Crippen molar-refractivity contribution in [3.63, 3.8) is 0 Å². The minimum atomic E-state index is -3.38. The van der Waals surface area contributed by atoms with Crippen molar-refractivity contribution in [2.45, 2.75) is 11.8 Å². The van der Waals surface area contributed by atoms with Crippen LogP contribution in [0.15, 0.2) is 45.8 Å². The molecule has 90 valence electrons. The molecule has 0 aromatic heterocycles. The summed E-state index contributed by atoms with van der Waals surface area (Å²) in [6.45, 7) is 2.15. The summed E-state index contributed by atoms with van der Waals surface area (Å²) in [4.78, 5) is 0.296. The number of nitrogens with one attached hydrogen (secondary N) is 1. The first-order valence-electron chi connectivity index (χ1n) is 5.22. The first-order chi connectivity index (χ1) is 8.04. The molecule has 2 rings (SSSR count). The Morgan fingerprint density at radius 1 is 1.24 bits per heavy atom. The fourth-order valence-corrected chi connectivity index (χ4v) is 3.25. The van der Waals surface area contributed by atoms with E-state index in [4.69, 9.17) is 0 Å². The summed E-state index contributed by atoms with van der Waals surface area (Å²) in [7, 11) is -3.38. The molecule has 0 atom stereocenters.